The number of hydrogen-bond acceptors (Lipinski definition) is 3. The lowest BCUT2D eigenvalue weighted by atomic mass is 9.91. The van der Waals surface area contributed by atoms with Crippen molar-refractivity contribution in [2.75, 3.05) is 13.1 Å². The molecule has 1 saturated heterocycles. The van der Waals surface area contributed by atoms with Crippen LogP contribution in [-0.4, -0.2) is 43.1 Å². The van der Waals surface area contributed by atoms with Crippen LogP contribution in [-0.2, 0) is 6.54 Å². The molecule has 0 radical (unpaired) electrons. The lowest BCUT2D eigenvalue weighted by Crippen LogP contribution is -2.33. The third kappa shape index (κ3) is 3.76. The molecule has 1 aliphatic rings. The maximum absolute atomic E-state index is 12.5. The first kappa shape index (κ1) is 18.6. The van der Waals surface area contributed by atoms with Crippen molar-refractivity contribution in [3.8, 4) is 0 Å². The molecule has 0 atom stereocenters. The predicted octanol–water partition coefficient (Wildman–Crippen LogP) is 5.14. The molecule has 4 heterocycles. The summed E-state index contributed by atoms with van der Waals surface area (Å²) >= 11 is -0.0683. The van der Waals surface area contributed by atoms with Crippen molar-refractivity contribution in [2.45, 2.75) is 35.7 Å². The maximum atomic E-state index is 12.5. The van der Waals surface area contributed by atoms with Gasteiger partial charge < -0.3 is 4.98 Å². The van der Waals surface area contributed by atoms with Gasteiger partial charge >= 0.3 is 5.51 Å². The van der Waals surface area contributed by atoms with E-state index in [1.54, 1.807) is 30.6 Å². The van der Waals surface area contributed by atoms with E-state index in [-0.39, 0.29) is 16.7 Å². The predicted molar refractivity (Wildman–Crippen MR) is 107 cm³/mol. The highest BCUT2D eigenvalue weighted by molar-refractivity contribution is 8.00. The van der Waals surface area contributed by atoms with Gasteiger partial charge in [-0.1, -0.05) is 12.1 Å². The molecule has 0 spiro atoms. The number of aromatic amines is 2. The van der Waals surface area contributed by atoms with Gasteiger partial charge in [0.05, 0.1) is 11.2 Å². The Kier molecular flexibility index (Phi) is 4.59. The molecule has 0 bridgehead atoms. The Morgan fingerprint density at radius 3 is 2.59 bits per heavy atom. The summed E-state index contributed by atoms with van der Waals surface area (Å²) in [5.74, 6) is 0.484. The summed E-state index contributed by atoms with van der Waals surface area (Å²) in [6.07, 6.45) is 5.82. The fraction of sp³-hybridized carbons (Fsp3) is 0.350. The zero-order valence-corrected chi connectivity index (χ0v) is 16.4. The summed E-state index contributed by atoms with van der Waals surface area (Å²) in [7, 11) is 0. The second-order valence-electron chi connectivity index (χ2n) is 7.47. The number of fused-ring (bicyclic) bond motifs is 3. The average molecular weight is 419 g/mol. The van der Waals surface area contributed by atoms with Gasteiger partial charge in [0.2, 0.25) is 0 Å². The number of alkyl halides is 3. The molecule has 0 amide bonds. The Labute approximate surface area is 169 Å². The highest BCUT2D eigenvalue weighted by Crippen LogP contribution is 2.37. The van der Waals surface area contributed by atoms with Crippen molar-refractivity contribution in [3.05, 3.63) is 54.1 Å². The number of benzene rings is 1. The quantitative estimate of drug-likeness (QED) is 0.451. The van der Waals surface area contributed by atoms with E-state index in [0.29, 0.717) is 5.92 Å². The third-order valence-electron chi connectivity index (χ3n) is 5.58. The molecule has 5 rings (SSSR count). The van der Waals surface area contributed by atoms with Crippen molar-refractivity contribution in [1.82, 2.24) is 24.5 Å². The standard InChI is InChI=1S/C20H20F3N5S/c21-20(22,23)29-15-3-1-13(2-4-15)11-27-9-6-14(7-10-27)17-18-16-5-8-24-19(16)25-12-28(18)26-17/h1-5,8,12,14,24,26H,6-7,9-11H2. The normalized spacial score (nSPS) is 16.9. The van der Waals surface area contributed by atoms with Gasteiger partial charge in [-0.3, -0.25) is 10.00 Å². The molecule has 0 saturated carbocycles. The van der Waals surface area contributed by atoms with E-state index >= 15 is 0 Å². The molecule has 4 aromatic rings. The number of H-pyrrole nitrogens is 2. The zero-order valence-electron chi connectivity index (χ0n) is 15.5. The van der Waals surface area contributed by atoms with Crippen LogP contribution in [0.4, 0.5) is 13.2 Å². The number of rotatable bonds is 4. The SMILES string of the molecule is FC(F)(F)Sc1ccc(CN2CCC(c3[nH]n4cnc5[nH]ccc5c34)CC2)cc1. The number of aromatic nitrogens is 4. The molecule has 3 aromatic heterocycles. The van der Waals surface area contributed by atoms with Gasteiger partial charge in [0.15, 0.2) is 0 Å². The minimum absolute atomic E-state index is 0.0683. The monoisotopic (exact) mass is 419 g/mol. The lowest BCUT2D eigenvalue weighted by Gasteiger charge is -2.33. The molecule has 9 heteroatoms. The Morgan fingerprint density at radius 2 is 1.86 bits per heavy atom. The fourth-order valence-electron chi connectivity index (χ4n) is 4.17. The second-order valence-corrected chi connectivity index (χ2v) is 8.61. The number of hydrogen-bond donors (Lipinski definition) is 2. The van der Waals surface area contributed by atoms with Crippen LogP contribution < -0.4 is 0 Å². The first-order valence-corrected chi connectivity index (χ1v) is 10.4. The van der Waals surface area contributed by atoms with E-state index in [9.17, 15) is 13.2 Å². The summed E-state index contributed by atoms with van der Waals surface area (Å²) < 4.78 is 39.3. The molecule has 1 aromatic carbocycles. The van der Waals surface area contributed by atoms with Crippen molar-refractivity contribution in [2.24, 2.45) is 0 Å². The Bertz CT molecular complexity index is 1120. The summed E-state index contributed by atoms with van der Waals surface area (Å²) in [6.45, 7) is 2.70. The average Bonchev–Trinajstić information content (AvgIpc) is 3.11. The molecule has 1 fully saturated rings. The molecule has 0 aliphatic carbocycles. The smallest absolute Gasteiger partial charge is 0.346 e. The topological polar surface area (TPSA) is 52.1 Å². The first-order chi connectivity index (χ1) is 14.0. The van der Waals surface area contributed by atoms with Crippen LogP contribution in [0.15, 0.2) is 47.8 Å². The van der Waals surface area contributed by atoms with E-state index in [1.807, 2.05) is 10.7 Å². The van der Waals surface area contributed by atoms with Gasteiger partial charge in [-0.2, -0.15) is 13.2 Å². The van der Waals surface area contributed by atoms with Gasteiger partial charge in [-0.25, -0.2) is 9.50 Å². The van der Waals surface area contributed by atoms with Crippen LogP contribution in [0.3, 0.4) is 0 Å². The number of nitrogens with one attached hydrogen (secondary N) is 2. The van der Waals surface area contributed by atoms with E-state index < -0.39 is 5.51 Å². The minimum atomic E-state index is -4.24. The van der Waals surface area contributed by atoms with Crippen LogP contribution in [0.2, 0.25) is 0 Å². The summed E-state index contributed by atoms with van der Waals surface area (Å²) in [4.78, 5) is 10.1. The Morgan fingerprint density at radius 1 is 1.10 bits per heavy atom. The largest absolute Gasteiger partial charge is 0.446 e. The van der Waals surface area contributed by atoms with Crippen LogP contribution in [0.1, 0.15) is 30.0 Å². The first-order valence-electron chi connectivity index (χ1n) is 9.55. The van der Waals surface area contributed by atoms with Crippen molar-refractivity contribution < 1.29 is 13.2 Å². The Balaban J connectivity index is 1.22. The summed E-state index contributed by atoms with van der Waals surface area (Å²) in [5.41, 5.74) is 0.207. The van der Waals surface area contributed by atoms with Gasteiger partial charge in [0, 0.05) is 28.9 Å². The van der Waals surface area contributed by atoms with Crippen molar-refractivity contribution in [1.29, 1.82) is 0 Å². The number of piperidine rings is 1. The van der Waals surface area contributed by atoms with Crippen molar-refractivity contribution in [3.63, 3.8) is 0 Å². The van der Waals surface area contributed by atoms with Crippen LogP contribution in [0.5, 0.6) is 0 Å². The molecule has 1 aliphatic heterocycles. The van der Waals surface area contributed by atoms with E-state index in [4.69, 9.17) is 0 Å². The maximum Gasteiger partial charge on any atom is 0.446 e. The molecule has 0 unspecified atom stereocenters. The van der Waals surface area contributed by atoms with Crippen molar-refractivity contribution >= 4 is 28.3 Å². The van der Waals surface area contributed by atoms with Gasteiger partial charge in [-0.05, 0) is 61.5 Å². The van der Waals surface area contributed by atoms with E-state index in [0.717, 1.165) is 49.1 Å². The highest BCUT2D eigenvalue weighted by Gasteiger charge is 2.29. The van der Waals surface area contributed by atoms with Crippen LogP contribution in [0, 0.1) is 0 Å². The second kappa shape index (κ2) is 7.14. The Hall–Kier alpha value is -2.39. The molecular weight excluding hydrogens is 399 g/mol. The molecular formula is C20H20F3N5S. The summed E-state index contributed by atoms with van der Waals surface area (Å²) in [5, 5.41) is 4.55. The van der Waals surface area contributed by atoms with Crippen LogP contribution in [0.25, 0.3) is 16.6 Å². The minimum Gasteiger partial charge on any atom is -0.346 e. The zero-order chi connectivity index (χ0) is 20.0. The molecule has 5 nitrogen and oxygen atoms in total. The number of halogens is 3. The number of likely N-dealkylation sites (tertiary alicyclic amines) is 1. The lowest BCUT2D eigenvalue weighted by molar-refractivity contribution is -0.0328. The molecule has 29 heavy (non-hydrogen) atoms. The van der Waals surface area contributed by atoms with Gasteiger partial charge in [0.1, 0.15) is 12.0 Å². The number of thioether (sulfide) groups is 1. The molecule has 2 N–H and O–H groups in total. The highest BCUT2D eigenvalue weighted by atomic mass is 32.2. The summed E-state index contributed by atoms with van der Waals surface area (Å²) in [6, 6.07) is 8.76. The fourth-order valence-corrected chi connectivity index (χ4v) is 4.71. The van der Waals surface area contributed by atoms with Crippen LogP contribution >= 0.6 is 11.8 Å². The molecule has 152 valence electrons. The van der Waals surface area contributed by atoms with Gasteiger partial charge in [-0.15, -0.1) is 0 Å². The number of nitrogens with zero attached hydrogens (tertiary/aromatic N) is 3. The van der Waals surface area contributed by atoms with E-state index in [2.05, 4.69) is 26.0 Å². The van der Waals surface area contributed by atoms with Gasteiger partial charge in [0.25, 0.3) is 0 Å². The van der Waals surface area contributed by atoms with E-state index in [1.165, 1.54) is 11.2 Å². The third-order valence-corrected chi connectivity index (χ3v) is 6.32.